The van der Waals surface area contributed by atoms with Crippen molar-refractivity contribution >= 4 is 0 Å². The van der Waals surface area contributed by atoms with Crippen molar-refractivity contribution in [2.75, 3.05) is 26.2 Å². The molecule has 2 aliphatic rings. The minimum atomic E-state index is -2.54. The fraction of sp³-hybridized carbons (Fsp3) is 0.750. The molecule has 0 saturated carbocycles. The summed E-state index contributed by atoms with van der Waals surface area (Å²) in [7, 11) is 0. The molecule has 1 aromatic heterocycles. The zero-order valence-electron chi connectivity index (χ0n) is 10.3. The van der Waals surface area contributed by atoms with Gasteiger partial charge in [-0.15, -0.1) is 0 Å². The van der Waals surface area contributed by atoms with Gasteiger partial charge in [0, 0.05) is 25.8 Å². The van der Waals surface area contributed by atoms with E-state index in [1.807, 2.05) is 0 Å². The summed E-state index contributed by atoms with van der Waals surface area (Å²) in [5, 5.41) is 7.31. The van der Waals surface area contributed by atoms with E-state index < -0.39 is 6.55 Å². The molecule has 6 heteroatoms. The van der Waals surface area contributed by atoms with Gasteiger partial charge >= 0.3 is 6.55 Å². The van der Waals surface area contributed by atoms with Crippen molar-refractivity contribution in [1.82, 2.24) is 20.0 Å². The summed E-state index contributed by atoms with van der Waals surface area (Å²) in [6.07, 6.45) is 3.79. The average Bonchev–Trinajstić information content (AvgIpc) is 3.03. The third kappa shape index (κ3) is 2.27. The number of nitrogens with one attached hydrogen (secondary N) is 1. The zero-order valence-corrected chi connectivity index (χ0v) is 10.3. The number of likely N-dealkylation sites (tertiary alicyclic amines) is 1. The Morgan fingerprint density at radius 1 is 1.44 bits per heavy atom. The zero-order chi connectivity index (χ0) is 12.6. The van der Waals surface area contributed by atoms with Gasteiger partial charge in [0.2, 0.25) is 0 Å². The molecule has 0 bridgehead atoms. The van der Waals surface area contributed by atoms with E-state index in [4.69, 9.17) is 0 Å². The number of hydrogen-bond acceptors (Lipinski definition) is 3. The molecule has 1 atom stereocenters. The molecule has 0 amide bonds. The van der Waals surface area contributed by atoms with E-state index >= 15 is 0 Å². The molecule has 0 radical (unpaired) electrons. The van der Waals surface area contributed by atoms with E-state index in [1.165, 1.54) is 19.0 Å². The van der Waals surface area contributed by atoms with Crippen molar-refractivity contribution in [3.05, 3.63) is 18.0 Å². The summed E-state index contributed by atoms with van der Waals surface area (Å²) >= 11 is 0. The average molecular weight is 256 g/mol. The normalized spacial score (nSPS) is 28.8. The molecule has 0 aliphatic carbocycles. The van der Waals surface area contributed by atoms with Crippen LogP contribution >= 0.6 is 0 Å². The quantitative estimate of drug-likeness (QED) is 0.889. The van der Waals surface area contributed by atoms with E-state index in [1.54, 1.807) is 6.07 Å². The lowest BCUT2D eigenvalue weighted by Gasteiger charge is -2.22. The molecule has 18 heavy (non-hydrogen) atoms. The molecule has 1 unspecified atom stereocenters. The van der Waals surface area contributed by atoms with Gasteiger partial charge in [-0.2, -0.15) is 13.9 Å². The smallest absolute Gasteiger partial charge is 0.316 e. The number of aromatic nitrogens is 2. The fourth-order valence-electron chi connectivity index (χ4n) is 3.11. The number of rotatable bonds is 3. The molecule has 1 N–H and O–H groups in total. The molecular formula is C12H18F2N4. The van der Waals surface area contributed by atoms with Gasteiger partial charge < -0.3 is 5.32 Å². The second-order valence-electron chi connectivity index (χ2n) is 5.45. The molecule has 2 fully saturated rings. The van der Waals surface area contributed by atoms with E-state index in [9.17, 15) is 8.78 Å². The largest absolute Gasteiger partial charge is 0.333 e. The van der Waals surface area contributed by atoms with Crippen LogP contribution in [-0.4, -0.2) is 40.9 Å². The first-order chi connectivity index (χ1) is 8.67. The molecular weight excluding hydrogens is 238 g/mol. The molecule has 3 heterocycles. The van der Waals surface area contributed by atoms with Gasteiger partial charge in [-0.3, -0.25) is 4.90 Å². The van der Waals surface area contributed by atoms with E-state index in [-0.39, 0.29) is 0 Å². The highest BCUT2D eigenvalue weighted by Crippen LogP contribution is 2.36. The maximum Gasteiger partial charge on any atom is 0.333 e. The summed E-state index contributed by atoms with van der Waals surface area (Å²) in [5.41, 5.74) is 1.16. The van der Waals surface area contributed by atoms with Crippen LogP contribution in [-0.2, 0) is 6.54 Å². The second kappa shape index (κ2) is 4.59. The van der Waals surface area contributed by atoms with Crippen LogP contribution in [0.3, 0.4) is 0 Å². The van der Waals surface area contributed by atoms with Crippen molar-refractivity contribution in [2.45, 2.75) is 25.9 Å². The van der Waals surface area contributed by atoms with E-state index in [0.29, 0.717) is 12.0 Å². The highest BCUT2D eigenvalue weighted by molar-refractivity contribution is 5.02. The standard InChI is InChI=1S/C12H18F2N4/c13-11(14)18-5-1-10(16-18)7-17-6-3-12(9-17)2-4-15-8-12/h1,5,11,15H,2-4,6-9H2. The van der Waals surface area contributed by atoms with Gasteiger partial charge in [0.15, 0.2) is 0 Å². The molecule has 2 saturated heterocycles. The van der Waals surface area contributed by atoms with Crippen molar-refractivity contribution in [3.8, 4) is 0 Å². The third-order valence-corrected chi connectivity index (χ3v) is 4.10. The van der Waals surface area contributed by atoms with Crippen LogP contribution in [0.15, 0.2) is 12.3 Å². The summed E-state index contributed by atoms with van der Waals surface area (Å²) in [6.45, 7) is 2.44. The first kappa shape index (κ1) is 12.0. The number of halogens is 2. The Hall–Kier alpha value is -1.01. The van der Waals surface area contributed by atoms with Crippen LogP contribution in [0.4, 0.5) is 8.78 Å². The topological polar surface area (TPSA) is 33.1 Å². The molecule has 0 aromatic carbocycles. The molecule has 3 rings (SSSR count). The predicted octanol–water partition coefficient (Wildman–Crippen LogP) is 1.46. The van der Waals surface area contributed by atoms with Crippen LogP contribution in [0.2, 0.25) is 0 Å². The number of alkyl halides is 2. The minimum absolute atomic E-state index is 0.422. The van der Waals surface area contributed by atoms with Crippen LogP contribution in [0.25, 0.3) is 0 Å². The van der Waals surface area contributed by atoms with Crippen molar-refractivity contribution < 1.29 is 8.78 Å². The second-order valence-corrected chi connectivity index (χ2v) is 5.45. The molecule has 1 aromatic rings. The van der Waals surface area contributed by atoms with E-state index in [0.717, 1.165) is 36.6 Å². The number of nitrogens with zero attached hydrogens (tertiary/aromatic N) is 3. The Morgan fingerprint density at radius 2 is 2.33 bits per heavy atom. The third-order valence-electron chi connectivity index (χ3n) is 4.10. The minimum Gasteiger partial charge on any atom is -0.316 e. The molecule has 100 valence electrons. The van der Waals surface area contributed by atoms with Crippen LogP contribution in [0, 0.1) is 5.41 Å². The highest BCUT2D eigenvalue weighted by Gasteiger charge is 2.40. The Bertz CT molecular complexity index is 412. The highest BCUT2D eigenvalue weighted by atomic mass is 19.3. The van der Waals surface area contributed by atoms with E-state index in [2.05, 4.69) is 15.3 Å². The Kier molecular flexibility index (Phi) is 3.07. The van der Waals surface area contributed by atoms with Crippen molar-refractivity contribution in [1.29, 1.82) is 0 Å². The Morgan fingerprint density at radius 3 is 3.00 bits per heavy atom. The SMILES string of the molecule is FC(F)n1ccc(CN2CCC3(CCNC3)C2)n1. The summed E-state index contributed by atoms with van der Waals surface area (Å²) in [6, 6.07) is 1.68. The maximum absolute atomic E-state index is 12.4. The Labute approximate surface area is 105 Å². The first-order valence-electron chi connectivity index (χ1n) is 6.42. The van der Waals surface area contributed by atoms with Gasteiger partial charge in [-0.1, -0.05) is 0 Å². The van der Waals surface area contributed by atoms with Gasteiger partial charge in [-0.05, 0) is 37.4 Å². The van der Waals surface area contributed by atoms with Crippen LogP contribution < -0.4 is 5.32 Å². The molecule has 4 nitrogen and oxygen atoms in total. The lowest BCUT2D eigenvalue weighted by molar-refractivity contribution is 0.0558. The van der Waals surface area contributed by atoms with Crippen molar-refractivity contribution in [2.24, 2.45) is 5.41 Å². The summed E-state index contributed by atoms with van der Waals surface area (Å²) < 4.78 is 25.5. The lowest BCUT2D eigenvalue weighted by atomic mass is 9.87. The van der Waals surface area contributed by atoms with Gasteiger partial charge in [0.1, 0.15) is 0 Å². The maximum atomic E-state index is 12.4. The van der Waals surface area contributed by atoms with Crippen LogP contribution in [0.5, 0.6) is 0 Å². The molecule has 1 spiro atoms. The molecule has 2 aliphatic heterocycles. The van der Waals surface area contributed by atoms with Crippen molar-refractivity contribution in [3.63, 3.8) is 0 Å². The predicted molar refractivity (Wildman–Crippen MR) is 63.3 cm³/mol. The number of hydrogen-bond donors (Lipinski definition) is 1. The van der Waals surface area contributed by atoms with Gasteiger partial charge in [0.25, 0.3) is 0 Å². The lowest BCUT2D eigenvalue weighted by Crippen LogP contribution is -2.29. The monoisotopic (exact) mass is 256 g/mol. The fourth-order valence-corrected chi connectivity index (χ4v) is 3.11. The summed E-state index contributed by atoms with van der Waals surface area (Å²) in [4.78, 5) is 2.32. The van der Waals surface area contributed by atoms with Gasteiger partial charge in [0.05, 0.1) is 5.69 Å². The van der Waals surface area contributed by atoms with Crippen LogP contribution in [0.1, 0.15) is 25.1 Å². The Balaban J connectivity index is 1.60. The summed E-state index contributed by atoms with van der Waals surface area (Å²) in [5.74, 6) is 0. The van der Waals surface area contributed by atoms with Gasteiger partial charge in [-0.25, -0.2) is 4.68 Å². The first-order valence-corrected chi connectivity index (χ1v) is 6.42.